The molecular weight excluding hydrogens is 349 g/mol. The molecule has 3 unspecified atom stereocenters. The zero-order chi connectivity index (χ0) is 17.8. The lowest BCUT2D eigenvalue weighted by atomic mass is 9.97. The summed E-state index contributed by atoms with van der Waals surface area (Å²) in [5.41, 5.74) is -0.100. The molecule has 1 aliphatic carbocycles. The van der Waals surface area contributed by atoms with E-state index in [1.165, 1.54) is 18.6 Å². The molecule has 25 heavy (non-hydrogen) atoms. The average molecular weight is 369 g/mol. The number of likely N-dealkylation sites (tertiary alicyclic amines) is 1. The number of halogens is 1. The van der Waals surface area contributed by atoms with Gasteiger partial charge < -0.3 is 15.0 Å². The van der Waals surface area contributed by atoms with Gasteiger partial charge in [0.15, 0.2) is 0 Å². The molecule has 3 atom stereocenters. The number of hydrogen-bond acceptors (Lipinski definition) is 5. The van der Waals surface area contributed by atoms with Gasteiger partial charge in [-0.3, -0.25) is 4.79 Å². The van der Waals surface area contributed by atoms with Crippen molar-refractivity contribution in [3.63, 3.8) is 0 Å². The van der Waals surface area contributed by atoms with Crippen LogP contribution in [-0.2, 0) is 19.6 Å². The van der Waals surface area contributed by atoms with Crippen molar-refractivity contribution in [1.82, 2.24) is 4.90 Å². The van der Waals surface area contributed by atoms with E-state index >= 15 is 0 Å². The molecule has 1 saturated carbocycles. The van der Waals surface area contributed by atoms with Crippen molar-refractivity contribution in [2.24, 2.45) is 17.0 Å². The summed E-state index contributed by atoms with van der Waals surface area (Å²) in [6.45, 7) is 1.99. The van der Waals surface area contributed by atoms with Gasteiger partial charge in [0, 0.05) is 6.54 Å². The summed E-state index contributed by atoms with van der Waals surface area (Å²) in [5.74, 6) is 0.359. The third kappa shape index (κ3) is 3.00. The van der Waals surface area contributed by atoms with E-state index in [4.69, 9.17) is 9.88 Å². The average Bonchev–Trinajstić information content (AvgIpc) is 3.11. The van der Waals surface area contributed by atoms with Crippen molar-refractivity contribution in [3.05, 3.63) is 24.0 Å². The molecule has 2 saturated heterocycles. The van der Waals surface area contributed by atoms with Crippen LogP contribution in [0.25, 0.3) is 0 Å². The van der Waals surface area contributed by atoms with E-state index in [-0.39, 0.29) is 28.6 Å². The second-order valence-corrected chi connectivity index (χ2v) is 8.64. The highest BCUT2D eigenvalue weighted by Gasteiger charge is 2.61. The maximum absolute atomic E-state index is 14.0. The first-order valence-electron chi connectivity index (χ1n) is 8.26. The standard InChI is InChI=1S/C16H20FN3O4S/c17-13-6-11(25(18,22)23)1-2-14(13)19-7-15(21)20-4-3-16(9-20)12-5-10(12)8-24-16/h1-2,6,10,12,19H,3-5,7-9H2,(H2,18,22,23). The molecular formula is C16H20FN3O4S. The number of rotatable bonds is 4. The molecule has 2 aliphatic heterocycles. The first-order chi connectivity index (χ1) is 11.8. The molecule has 136 valence electrons. The fourth-order valence-electron chi connectivity index (χ4n) is 3.99. The van der Waals surface area contributed by atoms with Crippen LogP contribution in [0.1, 0.15) is 12.8 Å². The number of nitrogens with two attached hydrogens (primary N) is 1. The highest BCUT2D eigenvalue weighted by Crippen LogP contribution is 2.57. The smallest absolute Gasteiger partial charge is 0.241 e. The molecule has 4 rings (SSSR count). The van der Waals surface area contributed by atoms with Crippen LogP contribution in [0.15, 0.2) is 23.1 Å². The van der Waals surface area contributed by atoms with E-state index in [9.17, 15) is 17.6 Å². The van der Waals surface area contributed by atoms with Gasteiger partial charge in [-0.1, -0.05) is 0 Å². The summed E-state index contributed by atoms with van der Waals surface area (Å²) in [6.07, 6.45) is 2.05. The molecule has 3 aliphatic rings. The van der Waals surface area contributed by atoms with E-state index in [2.05, 4.69) is 5.32 Å². The second-order valence-electron chi connectivity index (χ2n) is 7.08. The van der Waals surface area contributed by atoms with Crippen LogP contribution < -0.4 is 10.5 Å². The lowest BCUT2D eigenvalue weighted by Gasteiger charge is -2.26. The number of fused-ring (bicyclic) bond motifs is 2. The number of carbonyl (C=O) groups excluding carboxylic acids is 1. The third-order valence-corrected chi connectivity index (χ3v) is 6.41. The Labute approximate surface area is 145 Å². The number of anilines is 1. The number of sulfonamides is 1. The van der Waals surface area contributed by atoms with Crippen LogP contribution >= 0.6 is 0 Å². The summed E-state index contributed by atoms with van der Waals surface area (Å²) in [5, 5.41) is 7.69. The van der Waals surface area contributed by atoms with Gasteiger partial charge >= 0.3 is 0 Å². The quantitative estimate of drug-likeness (QED) is 0.806. The Balaban J connectivity index is 1.36. The Bertz CT molecular complexity index is 831. The van der Waals surface area contributed by atoms with Crippen LogP contribution in [-0.4, -0.2) is 51.1 Å². The van der Waals surface area contributed by atoms with Crippen molar-refractivity contribution >= 4 is 21.6 Å². The minimum Gasteiger partial charge on any atom is -0.374 e. The molecule has 1 aromatic rings. The van der Waals surface area contributed by atoms with Gasteiger partial charge in [0.1, 0.15) is 5.82 Å². The van der Waals surface area contributed by atoms with Crippen molar-refractivity contribution < 1.29 is 22.3 Å². The highest BCUT2D eigenvalue weighted by molar-refractivity contribution is 7.89. The van der Waals surface area contributed by atoms with Crippen molar-refractivity contribution in [2.45, 2.75) is 23.3 Å². The SMILES string of the molecule is NS(=O)(=O)c1ccc(NCC(=O)N2CCC3(C2)OCC2CC23)c(F)c1. The van der Waals surface area contributed by atoms with Crippen LogP contribution in [0.3, 0.4) is 0 Å². The van der Waals surface area contributed by atoms with Gasteiger partial charge in [-0.15, -0.1) is 0 Å². The molecule has 1 aromatic carbocycles. The summed E-state index contributed by atoms with van der Waals surface area (Å²) >= 11 is 0. The maximum atomic E-state index is 14.0. The van der Waals surface area contributed by atoms with Crippen LogP contribution in [0, 0.1) is 17.7 Å². The highest BCUT2D eigenvalue weighted by atomic mass is 32.2. The Kier molecular flexibility index (Phi) is 3.78. The number of benzene rings is 1. The summed E-state index contributed by atoms with van der Waals surface area (Å²) in [7, 11) is -3.96. The number of nitrogens with one attached hydrogen (secondary N) is 1. The second kappa shape index (κ2) is 5.65. The number of carbonyl (C=O) groups is 1. The zero-order valence-electron chi connectivity index (χ0n) is 13.6. The summed E-state index contributed by atoms with van der Waals surface area (Å²) < 4.78 is 42.3. The Morgan fingerprint density at radius 1 is 1.48 bits per heavy atom. The Hall–Kier alpha value is -1.71. The molecule has 9 heteroatoms. The number of ether oxygens (including phenoxy) is 1. The third-order valence-electron chi connectivity index (χ3n) is 5.50. The zero-order valence-corrected chi connectivity index (χ0v) is 14.4. The fourth-order valence-corrected chi connectivity index (χ4v) is 4.52. The van der Waals surface area contributed by atoms with Gasteiger partial charge in [-0.05, 0) is 42.9 Å². The fraction of sp³-hybridized carbons (Fsp3) is 0.562. The number of hydrogen-bond donors (Lipinski definition) is 2. The van der Waals surface area contributed by atoms with Gasteiger partial charge in [-0.2, -0.15) is 0 Å². The number of nitrogens with zero attached hydrogens (tertiary/aromatic N) is 1. The maximum Gasteiger partial charge on any atom is 0.241 e. The van der Waals surface area contributed by atoms with E-state index in [0.29, 0.717) is 24.9 Å². The number of primary sulfonamides is 1. The largest absolute Gasteiger partial charge is 0.374 e. The molecule has 0 aromatic heterocycles. The monoisotopic (exact) mass is 369 g/mol. The minimum atomic E-state index is -3.96. The molecule has 3 fully saturated rings. The molecule has 0 radical (unpaired) electrons. The van der Waals surface area contributed by atoms with Gasteiger partial charge in [0.25, 0.3) is 0 Å². The van der Waals surface area contributed by atoms with E-state index in [1.807, 2.05) is 0 Å². The van der Waals surface area contributed by atoms with E-state index in [1.54, 1.807) is 4.90 Å². The predicted octanol–water partition coefficient (Wildman–Crippen LogP) is 0.522. The molecule has 7 nitrogen and oxygen atoms in total. The number of amides is 1. The molecule has 3 N–H and O–H groups in total. The van der Waals surface area contributed by atoms with Crippen molar-refractivity contribution in [1.29, 1.82) is 0 Å². The molecule has 2 heterocycles. The van der Waals surface area contributed by atoms with Crippen molar-refractivity contribution in [2.75, 3.05) is 31.6 Å². The molecule has 0 bridgehead atoms. The van der Waals surface area contributed by atoms with Crippen LogP contribution in [0.5, 0.6) is 0 Å². The normalized spacial score (nSPS) is 30.6. The first kappa shape index (κ1) is 16.7. The van der Waals surface area contributed by atoms with Crippen LogP contribution in [0.4, 0.5) is 10.1 Å². The molecule has 1 spiro atoms. The van der Waals surface area contributed by atoms with E-state index in [0.717, 1.165) is 19.1 Å². The Morgan fingerprint density at radius 2 is 2.28 bits per heavy atom. The lowest BCUT2D eigenvalue weighted by Crippen LogP contribution is -2.40. The lowest BCUT2D eigenvalue weighted by molar-refractivity contribution is -0.129. The minimum absolute atomic E-state index is 0.0597. The van der Waals surface area contributed by atoms with Crippen molar-refractivity contribution in [3.8, 4) is 0 Å². The van der Waals surface area contributed by atoms with Crippen LogP contribution in [0.2, 0.25) is 0 Å². The molecule has 1 amide bonds. The summed E-state index contributed by atoms with van der Waals surface area (Å²) in [6, 6.07) is 3.31. The predicted molar refractivity (Wildman–Crippen MR) is 87.7 cm³/mol. The van der Waals surface area contributed by atoms with Gasteiger partial charge in [-0.25, -0.2) is 17.9 Å². The topological polar surface area (TPSA) is 102 Å². The van der Waals surface area contributed by atoms with Gasteiger partial charge in [0.2, 0.25) is 15.9 Å². The van der Waals surface area contributed by atoms with E-state index < -0.39 is 15.8 Å². The first-order valence-corrected chi connectivity index (χ1v) is 9.81. The Morgan fingerprint density at radius 3 is 2.88 bits per heavy atom. The van der Waals surface area contributed by atoms with Gasteiger partial charge in [0.05, 0.1) is 35.9 Å². The summed E-state index contributed by atoms with van der Waals surface area (Å²) in [4.78, 5) is 13.8.